The number of hydrogen-bond acceptors (Lipinski definition) is 7. The minimum Gasteiger partial charge on any atom is -0.267 e. The molecule has 156 valence electrons. The molecule has 1 N–H and O–H groups in total. The van der Waals surface area contributed by atoms with Gasteiger partial charge >= 0.3 is 0 Å². The molecule has 0 saturated heterocycles. The largest absolute Gasteiger partial charge is 0.294 e. The standard InChI is InChI=1S/C19H19N5O4S2/c1-12-9-14-10-13(7-8-17(14)23(12)30(2,27)28)16-11-29-19(22-21-16)20-15-5-3-4-6-18(15)24(25)26/h3-8,10,12H,9,11H2,1-2H3,(H,20,22)/t12-/m1/s1. The summed E-state index contributed by atoms with van der Waals surface area (Å²) < 4.78 is 25.6. The SMILES string of the molecule is C[C@@H]1Cc2cc(C3=NNC(=Nc4ccccc4[N+](=O)[O-])SC3)ccc2N1S(C)(=O)=O. The van der Waals surface area contributed by atoms with Gasteiger partial charge in [0.05, 0.1) is 22.6 Å². The maximum absolute atomic E-state index is 12.1. The molecular formula is C19H19N5O4S2. The third kappa shape index (κ3) is 3.90. The van der Waals surface area contributed by atoms with Gasteiger partial charge in [-0.1, -0.05) is 30.0 Å². The van der Waals surface area contributed by atoms with Crippen molar-refractivity contribution in [2.75, 3.05) is 16.3 Å². The van der Waals surface area contributed by atoms with Gasteiger partial charge in [0.2, 0.25) is 10.0 Å². The number of benzene rings is 2. The topological polar surface area (TPSA) is 117 Å². The summed E-state index contributed by atoms with van der Waals surface area (Å²) in [6.07, 6.45) is 1.87. The molecule has 2 aromatic rings. The number of anilines is 1. The number of sulfonamides is 1. The quantitative estimate of drug-likeness (QED) is 0.571. The lowest BCUT2D eigenvalue weighted by Crippen LogP contribution is -2.34. The number of hydrazone groups is 1. The van der Waals surface area contributed by atoms with E-state index < -0.39 is 14.9 Å². The predicted molar refractivity (Wildman–Crippen MR) is 119 cm³/mol. The van der Waals surface area contributed by atoms with E-state index in [2.05, 4.69) is 15.5 Å². The molecule has 0 aromatic heterocycles. The highest BCUT2D eigenvalue weighted by Gasteiger charge is 2.32. The molecule has 30 heavy (non-hydrogen) atoms. The van der Waals surface area contributed by atoms with E-state index in [0.29, 0.717) is 23.0 Å². The summed E-state index contributed by atoms with van der Waals surface area (Å²) in [7, 11) is -3.33. The van der Waals surface area contributed by atoms with E-state index in [4.69, 9.17) is 0 Å². The molecule has 1 atom stereocenters. The highest BCUT2D eigenvalue weighted by atomic mass is 32.2. The van der Waals surface area contributed by atoms with Gasteiger partial charge in [0, 0.05) is 17.9 Å². The molecule has 2 aliphatic heterocycles. The number of hydrogen-bond donors (Lipinski definition) is 1. The van der Waals surface area contributed by atoms with Crippen LogP contribution in [0.2, 0.25) is 0 Å². The minimum atomic E-state index is -3.33. The molecule has 0 saturated carbocycles. The average molecular weight is 446 g/mol. The molecule has 0 aliphatic carbocycles. The van der Waals surface area contributed by atoms with Crippen LogP contribution in [0.1, 0.15) is 18.1 Å². The van der Waals surface area contributed by atoms with Crippen LogP contribution in [0.5, 0.6) is 0 Å². The number of nitrogens with zero attached hydrogens (tertiary/aromatic N) is 4. The van der Waals surface area contributed by atoms with Gasteiger partial charge < -0.3 is 0 Å². The van der Waals surface area contributed by atoms with E-state index in [9.17, 15) is 18.5 Å². The second-order valence-corrected chi connectivity index (χ2v) is 9.90. The van der Waals surface area contributed by atoms with Crippen molar-refractivity contribution in [3.8, 4) is 0 Å². The van der Waals surface area contributed by atoms with Gasteiger partial charge in [-0.25, -0.2) is 13.4 Å². The van der Waals surface area contributed by atoms with Gasteiger partial charge in [-0.2, -0.15) is 5.10 Å². The van der Waals surface area contributed by atoms with Crippen molar-refractivity contribution < 1.29 is 13.3 Å². The summed E-state index contributed by atoms with van der Waals surface area (Å²) in [5.74, 6) is 0.538. The Labute approximate surface area is 178 Å². The van der Waals surface area contributed by atoms with E-state index in [1.54, 1.807) is 18.2 Å². The summed E-state index contributed by atoms with van der Waals surface area (Å²) in [6, 6.07) is 11.8. The maximum atomic E-state index is 12.1. The number of amidine groups is 1. The van der Waals surface area contributed by atoms with Crippen molar-refractivity contribution >= 4 is 49.7 Å². The van der Waals surface area contributed by atoms with Crippen LogP contribution >= 0.6 is 11.8 Å². The predicted octanol–water partition coefficient (Wildman–Crippen LogP) is 3.03. The highest BCUT2D eigenvalue weighted by Crippen LogP contribution is 2.35. The van der Waals surface area contributed by atoms with Gasteiger partial charge in [-0.3, -0.25) is 19.8 Å². The lowest BCUT2D eigenvalue weighted by atomic mass is 10.0. The number of aliphatic imine (C=N–C) groups is 1. The highest BCUT2D eigenvalue weighted by molar-refractivity contribution is 8.14. The Bertz CT molecular complexity index is 1190. The second-order valence-electron chi connectivity index (χ2n) is 7.08. The van der Waals surface area contributed by atoms with E-state index in [-0.39, 0.29) is 17.4 Å². The molecule has 0 spiro atoms. The van der Waals surface area contributed by atoms with Crippen LogP contribution in [-0.4, -0.2) is 42.3 Å². The zero-order valence-electron chi connectivity index (χ0n) is 16.3. The van der Waals surface area contributed by atoms with Crippen LogP contribution in [0.3, 0.4) is 0 Å². The molecule has 11 heteroatoms. The number of nitrogens with one attached hydrogen (secondary N) is 1. The van der Waals surface area contributed by atoms with Crippen LogP contribution in [0.4, 0.5) is 17.1 Å². The fourth-order valence-electron chi connectivity index (χ4n) is 3.63. The first kappa shape index (κ1) is 20.4. The monoisotopic (exact) mass is 445 g/mol. The normalized spacial score (nSPS) is 19.9. The van der Waals surface area contributed by atoms with Crippen LogP contribution in [0, 0.1) is 10.1 Å². The van der Waals surface area contributed by atoms with Crippen molar-refractivity contribution in [1.82, 2.24) is 5.43 Å². The van der Waals surface area contributed by atoms with Crippen LogP contribution in [0.15, 0.2) is 52.6 Å². The van der Waals surface area contributed by atoms with Crippen molar-refractivity contribution in [3.05, 3.63) is 63.7 Å². The molecule has 0 radical (unpaired) electrons. The van der Waals surface area contributed by atoms with Gasteiger partial charge in [-0.15, -0.1) is 0 Å². The van der Waals surface area contributed by atoms with Crippen molar-refractivity contribution in [2.45, 2.75) is 19.4 Å². The third-order valence-corrected chi connectivity index (χ3v) is 7.00. The summed E-state index contributed by atoms with van der Waals surface area (Å²) in [5.41, 5.74) is 6.45. The molecule has 2 aliphatic rings. The molecule has 4 rings (SSSR count). The first-order chi connectivity index (χ1) is 14.2. The first-order valence-electron chi connectivity index (χ1n) is 9.14. The molecule has 2 aromatic carbocycles. The maximum Gasteiger partial charge on any atom is 0.294 e. The zero-order chi connectivity index (χ0) is 21.5. The van der Waals surface area contributed by atoms with Gasteiger partial charge in [0.25, 0.3) is 5.69 Å². The van der Waals surface area contributed by atoms with Gasteiger partial charge in [-0.05, 0) is 42.7 Å². The molecule has 0 unspecified atom stereocenters. The molecule has 0 fully saturated rings. The van der Waals surface area contributed by atoms with E-state index in [1.165, 1.54) is 28.4 Å². The van der Waals surface area contributed by atoms with Crippen LogP contribution in [-0.2, 0) is 16.4 Å². The van der Waals surface area contributed by atoms with E-state index in [1.807, 2.05) is 25.1 Å². The molecule has 0 amide bonds. The number of nitro groups is 1. The number of nitro benzene ring substituents is 1. The van der Waals surface area contributed by atoms with E-state index in [0.717, 1.165) is 16.8 Å². The molecule has 9 nitrogen and oxygen atoms in total. The van der Waals surface area contributed by atoms with Crippen LogP contribution < -0.4 is 9.73 Å². The Hall–Kier alpha value is -2.92. The summed E-state index contributed by atoms with van der Waals surface area (Å²) >= 11 is 1.40. The van der Waals surface area contributed by atoms with Gasteiger partial charge in [0.1, 0.15) is 5.69 Å². The summed E-state index contributed by atoms with van der Waals surface area (Å²) in [5, 5.41) is 16.0. The van der Waals surface area contributed by atoms with Crippen molar-refractivity contribution in [1.29, 1.82) is 0 Å². The Morgan fingerprint density at radius 2 is 2.07 bits per heavy atom. The average Bonchev–Trinajstić information content (AvgIpc) is 3.04. The minimum absolute atomic E-state index is 0.0645. The fraction of sp³-hybridized carbons (Fsp3) is 0.263. The Morgan fingerprint density at radius 3 is 2.73 bits per heavy atom. The van der Waals surface area contributed by atoms with Crippen molar-refractivity contribution in [3.63, 3.8) is 0 Å². The third-order valence-electron chi connectivity index (χ3n) is 4.86. The summed E-state index contributed by atoms with van der Waals surface area (Å²) in [4.78, 5) is 15.0. The molecular weight excluding hydrogens is 426 g/mol. The van der Waals surface area contributed by atoms with Gasteiger partial charge in [0.15, 0.2) is 5.17 Å². The lowest BCUT2D eigenvalue weighted by molar-refractivity contribution is -0.384. The zero-order valence-corrected chi connectivity index (χ0v) is 17.9. The molecule has 2 heterocycles. The smallest absolute Gasteiger partial charge is 0.267 e. The number of rotatable bonds is 4. The number of fused-ring (bicyclic) bond motifs is 1. The summed E-state index contributed by atoms with van der Waals surface area (Å²) in [6.45, 7) is 1.89. The number of thioether (sulfide) groups is 1. The Balaban J connectivity index is 1.57. The molecule has 0 bridgehead atoms. The Kier molecular flexibility index (Phi) is 5.24. The Morgan fingerprint density at radius 1 is 1.30 bits per heavy atom. The number of para-hydroxylation sites is 2. The lowest BCUT2D eigenvalue weighted by Gasteiger charge is -2.22. The fourth-order valence-corrected chi connectivity index (χ4v) is 5.67. The van der Waals surface area contributed by atoms with Crippen LogP contribution in [0.25, 0.3) is 0 Å². The second kappa shape index (κ2) is 7.73. The first-order valence-corrected chi connectivity index (χ1v) is 12.0. The van der Waals surface area contributed by atoms with E-state index >= 15 is 0 Å². The van der Waals surface area contributed by atoms with Crippen molar-refractivity contribution in [2.24, 2.45) is 10.1 Å².